The molecule has 0 atom stereocenters. The van der Waals surface area contributed by atoms with E-state index in [1.807, 2.05) is 0 Å². The zero-order valence-corrected chi connectivity index (χ0v) is 11.9. The third-order valence-corrected chi connectivity index (χ3v) is 3.82. The second-order valence-electron chi connectivity index (χ2n) is 5.44. The van der Waals surface area contributed by atoms with Gasteiger partial charge in [0.1, 0.15) is 0 Å². The molecule has 118 valence electrons. The van der Waals surface area contributed by atoms with Crippen molar-refractivity contribution in [1.82, 2.24) is 15.5 Å². The minimum Gasteiger partial charge on any atom is -0.339 e. The first-order valence-electron chi connectivity index (χ1n) is 7.22. The fourth-order valence-electron chi connectivity index (χ4n) is 2.57. The molecule has 1 aromatic heterocycles. The third kappa shape index (κ3) is 3.47. The van der Waals surface area contributed by atoms with Crippen LogP contribution in [-0.2, 0) is 12.6 Å². The van der Waals surface area contributed by atoms with Crippen LogP contribution in [0.5, 0.6) is 0 Å². The summed E-state index contributed by atoms with van der Waals surface area (Å²) in [7, 11) is 0. The number of hydrogen-bond acceptors (Lipinski definition) is 4. The zero-order valence-electron chi connectivity index (χ0n) is 11.9. The predicted molar refractivity (Wildman–Crippen MR) is 73.4 cm³/mol. The highest BCUT2D eigenvalue weighted by atomic mass is 19.4. The molecule has 4 nitrogen and oxygen atoms in total. The highest BCUT2D eigenvalue weighted by Crippen LogP contribution is 2.29. The van der Waals surface area contributed by atoms with Gasteiger partial charge in [0.15, 0.2) is 5.82 Å². The molecule has 1 saturated heterocycles. The van der Waals surface area contributed by atoms with Crippen LogP contribution in [0.2, 0.25) is 0 Å². The van der Waals surface area contributed by atoms with E-state index in [9.17, 15) is 13.2 Å². The van der Waals surface area contributed by atoms with Crippen LogP contribution in [0, 0.1) is 0 Å². The lowest BCUT2D eigenvalue weighted by Gasteiger charge is -2.18. The van der Waals surface area contributed by atoms with Crippen LogP contribution < -0.4 is 5.32 Å². The second-order valence-corrected chi connectivity index (χ2v) is 5.44. The van der Waals surface area contributed by atoms with Gasteiger partial charge in [-0.2, -0.15) is 18.2 Å². The lowest BCUT2D eigenvalue weighted by Crippen LogP contribution is -2.26. The normalized spacial score (nSPS) is 16.9. The summed E-state index contributed by atoms with van der Waals surface area (Å²) in [6.45, 7) is 1.86. The van der Waals surface area contributed by atoms with Crippen LogP contribution in [0.25, 0.3) is 0 Å². The van der Waals surface area contributed by atoms with E-state index in [-0.39, 0.29) is 5.92 Å². The molecule has 0 saturated carbocycles. The molecule has 0 radical (unpaired) electrons. The molecule has 3 rings (SSSR count). The molecule has 7 heteroatoms. The Morgan fingerprint density at radius 3 is 2.45 bits per heavy atom. The van der Waals surface area contributed by atoms with Gasteiger partial charge in [-0.25, -0.2) is 0 Å². The Kier molecular flexibility index (Phi) is 4.15. The monoisotopic (exact) mass is 311 g/mol. The minimum absolute atomic E-state index is 0.273. The summed E-state index contributed by atoms with van der Waals surface area (Å²) in [5, 5.41) is 7.20. The quantitative estimate of drug-likeness (QED) is 0.946. The van der Waals surface area contributed by atoms with E-state index in [1.54, 1.807) is 0 Å². The summed E-state index contributed by atoms with van der Waals surface area (Å²) in [6.07, 6.45) is -2.02. The summed E-state index contributed by atoms with van der Waals surface area (Å²) in [4.78, 5) is 4.37. The van der Waals surface area contributed by atoms with E-state index >= 15 is 0 Å². The number of aromatic nitrogens is 2. The Hall–Kier alpha value is -1.89. The van der Waals surface area contributed by atoms with E-state index < -0.39 is 11.7 Å². The molecule has 0 unspecified atom stereocenters. The van der Waals surface area contributed by atoms with Gasteiger partial charge in [0.05, 0.1) is 5.56 Å². The van der Waals surface area contributed by atoms with Crippen molar-refractivity contribution in [1.29, 1.82) is 0 Å². The van der Waals surface area contributed by atoms with Crippen molar-refractivity contribution in [3.63, 3.8) is 0 Å². The smallest absolute Gasteiger partial charge is 0.339 e. The molecule has 0 amide bonds. The van der Waals surface area contributed by atoms with Gasteiger partial charge in [0.25, 0.3) is 0 Å². The van der Waals surface area contributed by atoms with Crippen LogP contribution in [0.3, 0.4) is 0 Å². The maximum atomic E-state index is 12.5. The standard InChI is InChI=1S/C15H16F3N3O/c16-15(17,18)12-3-1-10(2-4-12)9-13-20-14(22-21-13)11-5-7-19-8-6-11/h1-4,11,19H,5-9H2. The number of benzene rings is 1. The lowest BCUT2D eigenvalue weighted by molar-refractivity contribution is -0.137. The van der Waals surface area contributed by atoms with E-state index in [4.69, 9.17) is 4.52 Å². The van der Waals surface area contributed by atoms with Crippen LogP contribution in [0.1, 0.15) is 41.6 Å². The number of alkyl halides is 3. The van der Waals surface area contributed by atoms with Gasteiger partial charge in [-0.05, 0) is 43.6 Å². The topological polar surface area (TPSA) is 51.0 Å². The second kappa shape index (κ2) is 6.08. The summed E-state index contributed by atoms with van der Waals surface area (Å²) >= 11 is 0. The van der Waals surface area contributed by atoms with E-state index in [1.165, 1.54) is 12.1 Å². The van der Waals surface area contributed by atoms with Crippen molar-refractivity contribution in [2.45, 2.75) is 31.4 Å². The largest absolute Gasteiger partial charge is 0.416 e. The first-order chi connectivity index (χ1) is 10.5. The molecule has 0 spiro atoms. The van der Waals surface area contributed by atoms with Crippen molar-refractivity contribution in [3.05, 3.63) is 47.1 Å². The average molecular weight is 311 g/mol. The maximum Gasteiger partial charge on any atom is 0.416 e. The van der Waals surface area contributed by atoms with Crippen molar-refractivity contribution in [3.8, 4) is 0 Å². The van der Waals surface area contributed by atoms with Crippen LogP contribution in [0.15, 0.2) is 28.8 Å². The Balaban J connectivity index is 1.67. The Morgan fingerprint density at radius 1 is 1.14 bits per heavy atom. The van der Waals surface area contributed by atoms with Gasteiger partial charge < -0.3 is 9.84 Å². The number of hydrogen-bond donors (Lipinski definition) is 1. The average Bonchev–Trinajstić information content (AvgIpc) is 2.96. The molecule has 1 fully saturated rings. The number of piperidine rings is 1. The fourth-order valence-corrected chi connectivity index (χ4v) is 2.57. The van der Waals surface area contributed by atoms with Crippen LogP contribution >= 0.6 is 0 Å². The third-order valence-electron chi connectivity index (χ3n) is 3.82. The molecule has 1 aliphatic heterocycles. The zero-order chi connectivity index (χ0) is 15.6. The molecule has 2 heterocycles. The molecular weight excluding hydrogens is 295 g/mol. The van der Waals surface area contributed by atoms with Crippen molar-refractivity contribution in [2.24, 2.45) is 0 Å². The first kappa shape index (κ1) is 15.0. The minimum atomic E-state index is -4.31. The fraction of sp³-hybridized carbons (Fsp3) is 0.467. The number of nitrogens with zero attached hydrogens (tertiary/aromatic N) is 2. The molecule has 1 aliphatic rings. The van der Waals surface area contributed by atoms with Gasteiger partial charge in [0, 0.05) is 12.3 Å². The molecule has 1 N–H and O–H groups in total. The van der Waals surface area contributed by atoms with Gasteiger partial charge in [-0.3, -0.25) is 0 Å². The number of nitrogens with one attached hydrogen (secondary N) is 1. The molecule has 22 heavy (non-hydrogen) atoms. The van der Waals surface area contributed by atoms with Crippen molar-refractivity contribution < 1.29 is 17.7 Å². The maximum absolute atomic E-state index is 12.5. The Bertz CT molecular complexity index is 616. The summed E-state index contributed by atoms with van der Waals surface area (Å²) in [6, 6.07) is 5.04. The van der Waals surface area contributed by atoms with Crippen LogP contribution in [0.4, 0.5) is 13.2 Å². The molecule has 0 aliphatic carbocycles. The summed E-state index contributed by atoms with van der Waals surface area (Å²) < 4.78 is 42.8. The first-order valence-corrected chi connectivity index (χ1v) is 7.22. The number of rotatable bonds is 3. The van der Waals surface area contributed by atoms with Gasteiger partial charge in [-0.1, -0.05) is 17.3 Å². The van der Waals surface area contributed by atoms with Gasteiger partial charge in [-0.15, -0.1) is 0 Å². The van der Waals surface area contributed by atoms with E-state index in [0.717, 1.165) is 43.6 Å². The van der Waals surface area contributed by atoms with Gasteiger partial charge >= 0.3 is 6.18 Å². The molecular formula is C15H16F3N3O. The van der Waals surface area contributed by atoms with Crippen molar-refractivity contribution >= 4 is 0 Å². The molecule has 1 aromatic carbocycles. The number of halogens is 3. The Morgan fingerprint density at radius 2 is 1.82 bits per heavy atom. The highest BCUT2D eigenvalue weighted by molar-refractivity contribution is 5.26. The Labute approximate surface area is 125 Å². The van der Waals surface area contributed by atoms with E-state index in [2.05, 4.69) is 15.5 Å². The molecule has 2 aromatic rings. The summed E-state index contributed by atoms with van der Waals surface area (Å²) in [5.41, 5.74) is 0.0745. The SMILES string of the molecule is FC(F)(F)c1ccc(Cc2noc(C3CCNCC3)n2)cc1. The summed E-state index contributed by atoms with van der Waals surface area (Å²) in [5.74, 6) is 1.41. The van der Waals surface area contributed by atoms with Crippen LogP contribution in [-0.4, -0.2) is 23.2 Å². The predicted octanol–water partition coefficient (Wildman–Crippen LogP) is 3.15. The lowest BCUT2D eigenvalue weighted by atomic mass is 9.98. The molecule has 0 bridgehead atoms. The van der Waals surface area contributed by atoms with E-state index in [0.29, 0.717) is 18.1 Å². The van der Waals surface area contributed by atoms with Crippen molar-refractivity contribution in [2.75, 3.05) is 13.1 Å². The highest BCUT2D eigenvalue weighted by Gasteiger charge is 2.30. The van der Waals surface area contributed by atoms with Gasteiger partial charge in [0.2, 0.25) is 5.89 Å².